The van der Waals surface area contributed by atoms with Gasteiger partial charge in [-0.3, -0.25) is 4.79 Å². The molecule has 0 heterocycles. The van der Waals surface area contributed by atoms with Gasteiger partial charge in [-0.2, -0.15) is 0 Å². The second kappa shape index (κ2) is 9.62. The van der Waals surface area contributed by atoms with Gasteiger partial charge in [0.25, 0.3) is 0 Å². The zero-order chi connectivity index (χ0) is 19.9. The molecule has 150 valence electrons. The first-order valence-corrected chi connectivity index (χ1v) is 9.79. The van der Waals surface area contributed by atoms with Crippen LogP contribution in [-0.2, 0) is 11.3 Å². The van der Waals surface area contributed by atoms with Crippen LogP contribution < -0.4 is 15.4 Å². The van der Waals surface area contributed by atoms with E-state index < -0.39 is 0 Å². The molecule has 0 unspecified atom stereocenters. The van der Waals surface area contributed by atoms with Crippen LogP contribution >= 0.6 is 0 Å². The Morgan fingerprint density at radius 1 is 1.30 bits per heavy atom. The molecular weight excluding hydrogens is 340 g/mol. The number of nitrogens with zero attached hydrogens (tertiary/aromatic N) is 2. The second-order valence-corrected chi connectivity index (χ2v) is 8.19. The molecule has 1 aliphatic rings. The Balaban J connectivity index is 2.00. The van der Waals surface area contributed by atoms with E-state index >= 15 is 0 Å². The minimum atomic E-state index is -0.245. The molecule has 0 saturated heterocycles. The van der Waals surface area contributed by atoms with Crippen molar-refractivity contribution >= 4 is 11.9 Å². The average Bonchev–Trinajstić information content (AvgIpc) is 3.40. The molecule has 0 radical (unpaired) electrons. The van der Waals surface area contributed by atoms with Gasteiger partial charge in [0.2, 0.25) is 5.91 Å². The van der Waals surface area contributed by atoms with Gasteiger partial charge in [-0.05, 0) is 52.5 Å². The molecule has 1 fully saturated rings. The van der Waals surface area contributed by atoms with Gasteiger partial charge in [-0.1, -0.05) is 18.2 Å². The highest BCUT2D eigenvalue weighted by atomic mass is 16.5. The van der Waals surface area contributed by atoms with Crippen molar-refractivity contribution in [3.63, 3.8) is 0 Å². The summed E-state index contributed by atoms with van der Waals surface area (Å²) in [7, 11) is 1.87. The molecule has 1 saturated carbocycles. The number of amides is 1. The number of para-hydroxylation sites is 1. The van der Waals surface area contributed by atoms with Crippen molar-refractivity contribution in [1.82, 2.24) is 15.5 Å². The Labute approximate surface area is 163 Å². The smallest absolute Gasteiger partial charge is 0.240 e. The van der Waals surface area contributed by atoms with Crippen molar-refractivity contribution in [2.45, 2.75) is 52.6 Å². The molecule has 27 heavy (non-hydrogen) atoms. The predicted molar refractivity (Wildman–Crippen MR) is 110 cm³/mol. The molecule has 1 aromatic rings. The fraction of sp³-hybridized carbons (Fsp3) is 0.619. The number of aliphatic imine (C=N–C) groups is 1. The molecule has 1 aromatic carbocycles. The van der Waals surface area contributed by atoms with E-state index in [9.17, 15) is 4.79 Å². The van der Waals surface area contributed by atoms with E-state index in [4.69, 9.17) is 9.73 Å². The van der Waals surface area contributed by atoms with Crippen LogP contribution in [0.4, 0.5) is 0 Å². The van der Waals surface area contributed by atoms with Crippen molar-refractivity contribution < 1.29 is 9.53 Å². The van der Waals surface area contributed by atoms with Crippen LogP contribution in [0.3, 0.4) is 0 Å². The van der Waals surface area contributed by atoms with Gasteiger partial charge in [-0.25, -0.2) is 4.99 Å². The lowest BCUT2D eigenvalue weighted by molar-refractivity contribution is -0.122. The monoisotopic (exact) mass is 374 g/mol. The zero-order valence-electron chi connectivity index (χ0n) is 17.3. The minimum Gasteiger partial charge on any atom is -0.493 e. The van der Waals surface area contributed by atoms with Crippen LogP contribution in [0.1, 0.15) is 46.1 Å². The van der Waals surface area contributed by atoms with Crippen LogP contribution in [-0.4, -0.2) is 49.0 Å². The van der Waals surface area contributed by atoms with E-state index in [2.05, 4.69) is 10.6 Å². The van der Waals surface area contributed by atoms with Crippen molar-refractivity contribution in [2.75, 3.05) is 26.7 Å². The first kappa shape index (κ1) is 21.1. The molecule has 0 aliphatic heterocycles. The van der Waals surface area contributed by atoms with Gasteiger partial charge in [-0.15, -0.1) is 0 Å². The van der Waals surface area contributed by atoms with E-state index in [0.717, 1.165) is 24.5 Å². The Morgan fingerprint density at radius 3 is 2.63 bits per heavy atom. The number of nitrogens with one attached hydrogen (secondary N) is 2. The number of carbonyl (C=O) groups excluding carboxylic acids is 1. The fourth-order valence-corrected chi connectivity index (χ4v) is 2.65. The third-order valence-corrected chi connectivity index (χ3v) is 4.13. The topological polar surface area (TPSA) is 66.0 Å². The minimum absolute atomic E-state index is 0.0243. The highest BCUT2D eigenvalue weighted by molar-refractivity contribution is 5.86. The van der Waals surface area contributed by atoms with Crippen molar-refractivity contribution in [3.8, 4) is 5.75 Å². The standard InChI is InChI=1S/C21H34N4O2/c1-6-22-20(25(5)14-19(26)24-21(2,3)4)23-13-17-9-7-8-10-18(17)27-15-16-11-12-16/h7-10,16H,6,11-15H2,1-5H3,(H,22,23)(H,24,26). The van der Waals surface area contributed by atoms with E-state index in [1.165, 1.54) is 12.8 Å². The van der Waals surface area contributed by atoms with E-state index in [-0.39, 0.29) is 18.0 Å². The number of hydrogen-bond acceptors (Lipinski definition) is 3. The van der Waals surface area contributed by atoms with Crippen molar-refractivity contribution in [1.29, 1.82) is 0 Å². The summed E-state index contributed by atoms with van der Waals surface area (Å²) in [5.74, 6) is 2.30. The molecule has 0 aromatic heterocycles. The molecule has 1 amide bonds. The summed E-state index contributed by atoms with van der Waals surface area (Å²) < 4.78 is 5.97. The first-order chi connectivity index (χ1) is 12.8. The summed E-state index contributed by atoms with van der Waals surface area (Å²) in [5.41, 5.74) is 0.812. The largest absolute Gasteiger partial charge is 0.493 e. The van der Waals surface area contributed by atoms with Gasteiger partial charge in [0.05, 0.1) is 19.7 Å². The second-order valence-electron chi connectivity index (χ2n) is 8.19. The van der Waals surface area contributed by atoms with Gasteiger partial charge in [0.15, 0.2) is 5.96 Å². The third kappa shape index (κ3) is 7.89. The van der Waals surface area contributed by atoms with Crippen LogP contribution in [0.2, 0.25) is 0 Å². The zero-order valence-corrected chi connectivity index (χ0v) is 17.3. The van der Waals surface area contributed by atoms with Crippen molar-refractivity contribution in [2.24, 2.45) is 10.9 Å². The number of guanidine groups is 1. The van der Waals surface area contributed by atoms with Gasteiger partial charge < -0.3 is 20.3 Å². The quantitative estimate of drug-likeness (QED) is 0.542. The molecular formula is C21H34N4O2. The van der Waals surface area contributed by atoms with Crippen LogP contribution in [0.5, 0.6) is 5.75 Å². The Hall–Kier alpha value is -2.24. The maximum absolute atomic E-state index is 12.2. The Morgan fingerprint density at radius 2 is 2.00 bits per heavy atom. The molecule has 0 spiro atoms. The van der Waals surface area contributed by atoms with Crippen LogP contribution in [0.15, 0.2) is 29.3 Å². The lowest BCUT2D eigenvalue weighted by atomic mass is 10.1. The van der Waals surface area contributed by atoms with E-state index in [1.54, 1.807) is 0 Å². The molecule has 6 nitrogen and oxygen atoms in total. The summed E-state index contributed by atoms with van der Waals surface area (Å²) in [6.45, 7) is 10.2. The number of hydrogen-bond donors (Lipinski definition) is 2. The fourth-order valence-electron chi connectivity index (χ4n) is 2.65. The molecule has 2 rings (SSSR count). The summed E-state index contributed by atoms with van der Waals surface area (Å²) in [5, 5.41) is 6.24. The predicted octanol–water partition coefficient (Wildman–Crippen LogP) is 2.79. The third-order valence-electron chi connectivity index (χ3n) is 4.13. The summed E-state index contributed by atoms with van der Waals surface area (Å²) >= 11 is 0. The normalized spacial score (nSPS) is 14.6. The summed E-state index contributed by atoms with van der Waals surface area (Å²) in [6, 6.07) is 8.04. The van der Waals surface area contributed by atoms with Crippen LogP contribution in [0, 0.1) is 5.92 Å². The number of ether oxygens (including phenoxy) is 1. The number of rotatable bonds is 8. The first-order valence-electron chi connectivity index (χ1n) is 9.79. The number of benzene rings is 1. The highest BCUT2D eigenvalue weighted by Gasteiger charge is 2.22. The van der Waals surface area contributed by atoms with Crippen LogP contribution in [0.25, 0.3) is 0 Å². The Kier molecular flexibility index (Phi) is 7.51. The molecule has 0 atom stereocenters. The van der Waals surface area contributed by atoms with E-state index in [0.29, 0.717) is 18.4 Å². The molecule has 6 heteroatoms. The maximum Gasteiger partial charge on any atom is 0.240 e. The van der Waals surface area contributed by atoms with E-state index in [1.807, 2.05) is 63.9 Å². The molecule has 1 aliphatic carbocycles. The van der Waals surface area contributed by atoms with Crippen molar-refractivity contribution in [3.05, 3.63) is 29.8 Å². The maximum atomic E-state index is 12.2. The number of likely N-dealkylation sites (N-methyl/N-ethyl adjacent to an activating group) is 1. The summed E-state index contributed by atoms with van der Waals surface area (Å²) in [4.78, 5) is 18.8. The summed E-state index contributed by atoms with van der Waals surface area (Å²) in [6.07, 6.45) is 2.54. The SMILES string of the molecule is CCNC(=NCc1ccccc1OCC1CC1)N(C)CC(=O)NC(C)(C)C. The Bertz CT molecular complexity index is 648. The number of carbonyl (C=O) groups is 1. The average molecular weight is 375 g/mol. The lowest BCUT2D eigenvalue weighted by Crippen LogP contribution is -2.48. The molecule has 0 bridgehead atoms. The highest BCUT2D eigenvalue weighted by Crippen LogP contribution is 2.30. The van der Waals surface area contributed by atoms with Gasteiger partial charge in [0.1, 0.15) is 5.75 Å². The van der Waals surface area contributed by atoms with Gasteiger partial charge >= 0.3 is 0 Å². The lowest BCUT2D eigenvalue weighted by Gasteiger charge is -2.25. The van der Waals surface area contributed by atoms with Gasteiger partial charge in [0, 0.05) is 24.7 Å². The molecule has 2 N–H and O–H groups in total.